The Bertz CT molecular complexity index is 1120. The van der Waals surface area contributed by atoms with Crippen molar-refractivity contribution in [1.82, 2.24) is 9.97 Å². The Morgan fingerprint density at radius 1 is 1.06 bits per heavy atom. The molecule has 7 nitrogen and oxygen atoms in total. The molecule has 0 atom stereocenters. The fraction of sp³-hybridized carbons (Fsp3) is 0.348. The summed E-state index contributed by atoms with van der Waals surface area (Å²) in [5.41, 5.74) is 2.91. The molecule has 0 spiro atoms. The quantitative estimate of drug-likeness (QED) is 0.513. The molecule has 2 aromatic carbocycles. The number of esters is 1. The molecule has 3 aromatic rings. The van der Waals surface area contributed by atoms with E-state index in [0.717, 1.165) is 34.0 Å². The van der Waals surface area contributed by atoms with Crippen LogP contribution in [0.25, 0.3) is 21.9 Å². The highest BCUT2D eigenvalue weighted by atomic mass is 35.5. The van der Waals surface area contributed by atoms with Crippen LogP contribution in [0.5, 0.6) is 11.5 Å². The predicted octanol–water partition coefficient (Wildman–Crippen LogP) is 4.64. The highest BCUT2D eigenvalue weighted by Gasteiger charge is 2.28. The van der Waals surface area contributed by atoms with Crippen LogP contribution in [0.15, 0.2) is 30.6 Å². The van der Waals surface area contributed by atoms with E-state index in [9.17, 15) is 4.79 Å². The minimum Gasteiger partial charge on any atom is -0.493 e. The number of methoxy groups -OCH3 is 2. The fourth-order valence-electron chi connectivity index (χ4n) is 3.98. The van der Waals surface area contributed by atoms with Gasteiger partial charge in [0, 0.05) is 41.7 Å². The molecule has 1 aliphatic rings. The maximum absolute atomic E-state index is 12.6. The van der Waals surface area contributed by atoms with Crippen molar-refractivity contribution >= 4 is 35.1 Å². The van der Waals surface area contributed by atoms with E-state index in [2.05, 4.69) is 35.6 Å². The van der Waals surface area contributed by atoms with Crippen molar-refractivity contribution in [3.8, 4) is 22.6 Å². The molecular weight excluding hydrogens is 418 g/mol. The zero-order valence-electron chi connectivity index (χ0n) is 18.3. The van der Waals surface area contributed by atoms with Gasteiger partial charge in [-0.15, -0.1) is 12.4 Å². The van der Waals surface area contributed by atoms with Crippen molar-refractivity contribution in [3.63, 3.8) is 0 Å². The number of hydrogen-bond acceptors (Lipinski definition) is 7. The lowest BCUT2D eigenvalue weighted by Crippen LogP contribution is -2.31. The summed E-state index contributed by atoms with van der Waals surface area (Å²) in [6.45, 7) is 7.35. The van der Waals surface area contributed by atoms with Crippen LogP contribution in [0.3, 0.4) is 0 Å². The van der Waals surface area contributed by atoms with Crippen molar-refractivity contribution in [2.24, 2.45) is 0 Å². The molecule has 8 heteroatoms. The molecule has 164 valence electrons. The Kier molecular flexibility index (Phi) is 6.55. The van der Waals surface area contributed by atoms with Gasteiger partial charge in [-0.05, 0) is 49.7 Å². The van der Waals surface area contributed by atoms with E-state index < -0.39 is 0 Å². The second-order valence-electron chi connectivity index (χ2n) is 7.44. The lowest BCUT2D eigenvalue weighted by atomic mass is 9.91. The average molecular weight is 444 g/mol. The Morgan fingerprint density at radius 3 is 2.29 bits per heavy atom. The van der Waals surface area contributed by atoms with Crippen LogP contribution in [-0.4, -0.2) is 42.7 Å². The number of anilines is 1. The van der Waals surface area contributed by atoms with Crippen molar-refractivity contribution < 1.29 is 19.0 Å². The number of ether oxygens (including phenoxy) is 3. The van der Waals surface area contributed by atoms with Crippen molar-refractivity contribution in [2.45, 2.75) is 33.4 Å². The molecule has 0 saturated heterocycles. The molecule has 31 heavy (non-hydrogen) atoms. The topological polar surface area (TPSA) is 73.8 Å². The van der Waals surface area contributed by atoms with Crippen LogP contribution >= 0.6 is 12.4 Å². The minimum absolute atomic E-state index is 0. The second kappa shape index (κ2) is 8.98. The number of hydrogen-bond donors (Lipinski definition) is 0. The van der Waals surface area contributed by atoms with E-state index in [4.69, 9.17) is 14.2 Å². The first kappa shape index (κ1) is 22.6. The van der Waals surface area contributed by atoms with E-state index in [-0.39, 0.29) is 31.0 Å². The number of carbonyl (C=O) groups is 1. The molecule has 0 N–H and O–H groups in total. The zero-order valence-corrected chi connectivity index (χ0v) is 19.1. The van der Waals surface area contributed by atoms with E-state index in [0.29, 0.717) is 23.0 Å². The number of nitrogens with zero attached hydrogens (tertiary/aromatic N) is 3. The van der Waals surface area contributed by atoms with Crippen molar-refractivity contribution in [1.29, 1.82) is 0 Å². The van der Waals surface area contributed by atoms with Gasteiger partial charge in [-0.3, -0.25) is 0 Å². The summed E-state index contributed by atoms with van der Waals surface area (Å²) in [7, 11) is 3.19. The maximum atomic E-state index is 12.6. The summed E-state index contributed by atoms with van der Waals surface area (Å²) < 4.78 is 16.3. The van der Waals surface area contributed by atoms with Crippen LogP contribution in [-0.2, 0) is 11.3 Å². The number of rotatable bonds is 6. The van der Waals surface area contributed by atoms with Crippen LogP contribution in [0, 0.1) is 0 Å². The lowest BCUT2D eigenvalue weighted by molar-refractivity contribution is 0.0535. The summed E-state index contributed by atoms with van der Waals surface area (Å²) in [5.74, 6) is 1.54. The van der Waals surface area contributed by atoms with E-state index in [1.54, 1.807) is 26.6 Å². The van der Waals surface area contributed by atoms with Gasteiger partial charge >= 0.3 is 5.97 Å². The average Bonchev–Trinajstić information content (AvgIpc) is 3.12. The first-order chi connectivity index (χ1) is 14.5. The fourth-order valence-corrected chi connectivity index (χ4v) is 3.98. The van der Waals surface area contributed by atoms with Gasteiger partial charge in [0.2, 0.25) is 5.95 Å². The van der Waals surface area contributed by atoms with Crippen LogP contribution in [0.4, 0.5) is 5.95 Å². The van der Waals surface area contributed by atoms with Crippen LogP contribution in [0.2, 0.25) is 0 Å². The number of carbonyl (C=O) groups excluding carboxylic acids is 1. The molecule has 4 rings (SSSR count). The monoisotopic (exact) mass is 443 g/mol. The van der Waals surface area contributed by atoms with Crippen molar-refractivity contribution in [2.75, 3.05) is 25.7 Å². The Hall–Kier alpha value is -3.06. The number of cyclic esters (lactones) is 1. The maximum Gasteiger partial charge on any atom is 0.339 e. The molecule has 1 aliphatic heterocycles. The molecule has 0 aliphatic carbocycles. The Labute approximate surface area is 187 Å². The normalized spacial score (nSPS) is 12.4. The summed E-state index contributed by atoms with van der Waals surface area (Å²) in [6, 6.07) is 6.05. The molecule has 0 radical (unpaired) electrons. The van der Waals surface area contributed by atoms with Gasteiger partial charge in [0.1, 0.15) is 6.61 Å². The van der Waals surface area contributed by atoms with Crippen LogP contribution in [0.1, 0.15) is 36.7 Å². The summed E-state index contributed by atoms with van der Waals surface area (Å²) >= 11 is 0. The van der Waals surface area contributed by atoms with Gasteiger partial charge in [0.05, 0.1) is 19.8 Å². The zero-order chi connectivity index (χ0) is 21.4. The predicted molar refractivity (Wildman–Crippen MR) is 123 cm³/mol. The second-order valence-corrected chi connectivity index (χ2v) is 7.44. The van der Waals surface area contributed by atoms with Gasteiger partial charge < -0.3 is 19.1 Å². The highest BCUT2D eigenvalue weighted by molar-refractivity contribution is 6.11. The largest absolute Gasteiger partial charge is 0.493 e. The van der Waals surface area contributed by atoms with Gasteiger partial charge in [0.15, 0.2) is 11.5 Å². The molecule has 2 heterocycles. The molecular formula is C23H26ClN3O4. The Morgan fingerprint density at radius 2 is 1.71 bits per heavy atom. The van der Waals surface area contributed by atoms with Gasteiger partial charge in [-0.2, -0.15) is 0 Å². The van der Waals surface area contributed by atoms with Gasteiger partial charge in [-0.25, -0.2) is 14.8 Å². The molecule has 0 saturated carbocycles. The SMILES string of the molecule is CCN(c1ncc(-c2c3c(cc4cc(OC)c(OC)cc24)COC3=O)cn1)C(C)C.Cl. The Balaban J connectivity index is 0.00000272. The van der Waals surface area contributed by atoms with Gasteiger partial charge in [0.25, 0.3) is 0 Å². The molecule has 0 fully saturated rings. The minimum atomic E-state index is -0.335. The standard InChI is InChI=1S/C23H25N3O4.ClH/c1-6-26(13(2)3)23-24-10-16(11-25-23)20-17-9-19(29-5)18(28-4)8-14(17)7-15-12-30-22(27)21(15)20;/h7-11,13H,6,12H2,1-5H3;1H. The first-order valence-electron chi connectivity index (χ1n) is 9.96. The lowest BCUT2D eigenvalue weighted by Gasteiger charge is -2.25. The molecule has 1 aromatic heterocycles. The highest BCUT2D eigenvalue weighted by Crippen LogP contribution is 2.42. The number of fused-ring (bicyclic) bond motifs is 2. The van der Waals surface area contributed by atoms with Gasteiger partial charge in [-0.1, -0.05) is 0 Å². The van der Waals surface area contributed by atoms with Crippen LogP contribution < -0.4 is 14.4 Å². The number of halogens is 1. The summed E-state index contributed by atoms with van der Waals surface area (Å²) in [5, 5.41) is 1.79. The molecule has 0 unspecified atom stereocenters. The smallest absolute Gasteiger partial charge is 0.339 e. The third-order valence-electron chi connectivity index (χ3n) is 5.44. The summed E-state index contributed by atoms with van der Waals surface area (Å²) in [4.78, 5) is 23.9. The summed E-state index contributed by atoms with van der Waals surface area (Å²) in [6.07, 6.45) is 3.54. The molecule has 0 amide bonds. The third-order valence-corrected chi connectivity index (χ3v) is 5.44. The number of benzene rings is 2. The third kappa shape index (κ3) is 3.85. The van der Waals surface area contributed by atoms with Crippen molar-refractivity contribution in [3.05, 3.63) is 41.7 Å². The molecule has 0 bridgehead atoms. The number of aromatic nitrogens is 2. The van der Waals surface area contributed by atoms with E-state index in [1.807, 2.05) is 18.2 Å². The van der Waals surface area contributed by atoms with E-state index in [1.165, 1.54) is 0 Å². The first-order valence-corrected chi connectivity index (χ1v) is 9.96. The van der Waals surface area contributed by atoms with E-state index >= 15 is 0 Å².